The van der Waals surface area contributed by atoms with Crippen LogP contribution in [0.25, 0.3) is 0 Å². The summed E-state index contributed by atoms with van der Waals surface area (Å²) >= 11 is 1.33. The summed E-state index contributed by atoms with van der Waals surface area (Å²) in [6, 6.07) is -0.930. The van der Waals surface area contributed by atoms with Gasteiger partial charge in [-0.15, -0.1) is 11.3 Å². The van der Waals surface area contributed by atoms with Gasteiger partial charge in [-0.25, -0.2) is 9.78 Å². The summed E-state index contributed by atoms with van der Waals surface area (Å²) in [5.74, 6) is -0.692. The van der Waals surface area contributed by atoms with Gasteiger partial charge < -0.3 is 25.5 Å². The third-order valence-electron chi connectivity index (χ3n) is 4.59. The Morgan fingerprint density at radius 2 is 2.00 bits per heavy atom. The van der Waals surface area contributed by atoms with Crippen LogP contribution >= 0.6 is 11.3 Å². The van der Waals surface area contributed by atoms with Crippen LogP contribution in [0.15, 0.2) is 0 Å². The van der Waals surface area contributed by atoms with Crippen molar-refractivity contribution < 1.29 is 19.5 Å². The van der Waals surface area contributed by atoms with E-state index < -0.39 is 18.0 Å². The zero-order valence-corrected chi connectivity index (χ0v) is 15.5. The SMILES string of the molecule is CN1CCc2nc(C(=O)NC(CNC(=O)O)C(=O)N3CCCC3)sc2C1. The number of aromatic nitrogens is 1. The molecule has 1 atom stereocenters. The molecule has 1 fully saturated rings. The number of nitrogens with zero attached hydrogens (tertiary/aromatic N) is 3. The van der Waals surface area contributed by atoms with Crippen LogP contribution in [0.3, 0.4) is 0 Å². The molecule has 26 heavy (non-hydrogen) atoms. The number of likely N-dealkylation sites (N-methyl/N-ethyl adjacent to an activating group) is 1. The Balaban J connectivity index is 1.69. The van der Waals surface area contributed by atoms with Crippen molar-refractivity contribution in [3.8, 4) is 0 Å². The van der Waals surface area contributed by atoms with Crippen molar-refractivity contribution in [2.24, 2.45) is 0 Å². The lowest BCUT2D eigenvalue weighted by Gasteiger charge is -2.23. The number of hydrogen-bond donors (Lipinski definition) is 3. The summed E-state index contributed by atoms with van der Waals surface area (Å²) in [4.78, 5) is 45.3. The molecule has 1 aromatic heterocycles. The Bertz CT molecular complexity index is 701. The molecule has 1 saturated heterocycles. The van der Waals surface area contributed by atoms with Gasteiger partial charge >= 0.3 is 6.09 Å². The molecule has 3 rings (SSSR count). The molecule has 2 aliphatic heterocycles. The van der Waals surface area contributed by atoms with E-state index in [0.717, 1.165) is 42.9 Å². The summed E-state index contributed by atoms with van der Waals surface area (Å²) in [5.41, 5.74) is 0.935. The van der Waals surface area contributed by atoms with E-state index in [0.29, 0.717) is 18.1 Å². The number of thiazole rings is 1. The van der Waals surface area contributed by atoms with Crippen LogP contribution in [0.1, 0.15) is 33.2 Å². The van der Waals surface area contributed by atoms with Gasteiger partial charge in [0.05, 0.1) is 12.2 Å². The highest BCUT2D eigenvalue weighted by atomic mass is 32.1. The number of carbonyl (C=O) groups excluding carboxylic acids is 2. The van der Waals surface area contributed by atoms with Gasteiger partial charge in [-0.05, 0) is 19.9 Å². The molecule has 2 aliphatic rings. The fourth-order valence-electron chi connectivity index (χ4n) is 3.19. The van der Waals surface area contributed by atoms with Gasteiger partial charge in [0.25, 0.3) is 5.91 Å². The van der Waals surface area contributed by atoms with Crippen LogP contribution in [0.5, 0.6) is 0 Å². The Morgan fingerprint density at radius 3 is 2.69 bits per heavy atom. The Hall–Kier alpha value is -2.20. The molecule has 3 N–H and O–H groups in total. The average molecular weight is 381 g/mol. The largest absolute Gasteiger partial charge is 0.465 e. The van der Waals surface area contributed by atoms with Gasteiger partial charge in [0.1, 0.15) is 6.04 Å². The Morgan fingerprint density at radius 1 is 1.27 bits per heavy atom. The molecule has 3 heterocycles. The van der Waals surface area contributed by atoms with Gasteiger partial charge in [0.15, 0.2) is 5.01 Å². The van der Waals surface area contributed by atoms with E-state index in [1.807, 2.05) is 7.05 Å². The summed E-state index contributed by atoms with van der Waals surface area (Å²) in [5, 5.41) is 14.0. The minimum Gasteiger partial charge on any atom is -0.465 e. The second-order valence-electron chi connectivity index (χ2n) is 6.62. The molecular formula is C16H23N5O4S. The second-order valence-corrected chi connectivity index (χ2v) is 7.70. The number of nitrogens with one attached hydrogen (secondary N) is 2. The van der Waals surface area contributed by atoms with Crippen LogP contribution in [0.2, 0.25) is 0 Å². The monoisotopic (exact) mass is 381 g/mol. The predicted molar refractivity (Wildman–Crippen MR) is 95.2 cm³/mol. The molecule has 0 radical (unpaired) electrons. The van der Waals surface area contributed by atoms with Crippen molar-refractivity contribution in [1.29, 1.82) is 0 Å². The molecule has 10 heteroatoms. The molecule has 0 aliphatic carbocycles. The van der Waals surface area contributed by atoms with Crippen LogP contribution in [0.4, 0.5) is 4.79 Å². The maximum absolute atomic E-state index is 12.6. The van der Waals surface area contributed by atoms with Crippen molar-refractivity contribution in [3.05, 3.63) is 15.6 Å². The lowest BCUT2D eigenvalue weighted by atomic mass is 10.2. The highest BCUT2D eigenvalue weighted by Crippen LogP contribution is 2.24. The van der Waals surface area contributed by atoms with Crippen LogP contribution in [0, 0.1) is 0 Å². The van der Waals surface area contributed by atoms with Gasteiger partial charge in [-0.1, -0.05) is 0 Å². The molecule has 3 amide bonds. The van der Waals surface area contributed by atoms with E-state index >= 15 is 0 Å². The number of likely N-dealkylation sites (tertiary alicyclic amines) is 1. The first-order chi connectivity index (χ1) is 12.4. The molecule has 142 valence electrons. The Labute approximate surface area is 155 Å². The van der Waals surface area contributed by atoms with E-state index in [2.05, 4.69) is 20.5 Å². The molecule has 0 bridgehead atoms. The zero-order chi connectivity index (χ0) is 18.7. The quantitative estimate of drug-likeness (QED) is 0.667. The maximum Gasteiger partial charge on any atom is 0.404 e. The number of fused-ring (bicyclic) bond motifs is 1. The fraction of sp³-hybridized carbons (Fsp3) is 0.625. The first kappa shape index (κ1) is 18.6. The number of hydrogen-bond acceptors (Lipinski definition) is 6. The van der Waals surface area contributed by atoms with E-state index in [4.69, 9.17) is 5.11 Å². The van der Waals surface area contributed by atoms with E-state index in [1.54, 1.807) is 4.90 Å². The standard InChI is InChI=1S/C16H23N5O4S/c1-20-7-4-10-12(9-20)26-14(19-10)13(22)18-11(8-17-16(24)25)15(23)21-5-2-3-6-21/h11,17H,2-9H2,1H3,(H,18,22)(H,24,25). The van der Waals surface area contributed by atoms with Crippen molar-refractivity contribution in [2.75, 3.05) is 33.2 Å². The lowest BCUT2D eigenvalue weighted by Crippen LogP contribution is -2.53. The number of carboxylic acid groups (broad SMARTS) is 1. The summed E-state index contributed by atoms with van der Waals surface area (Å²) < 4.78 is 0. The lowest BCUT2D eigenvalue weighted by molar-refractivity contribution is -0.132. The molecule has 9 nitrogen and oxygen atoms in total. The first-order valence-electron chi connectivity index (χ1n) is 8.67. The molecular weight excluding hydrogens is 358 g/mol. The van der Waals surface area contributed by atoms with Gasteiger partial charge in [-0.2, -0.15) is 0 Å². The van der Waals surface area contributed by atoms with Crippen LogP contribution in [-0.4, -0.2) is 77.1 Å². The van der Waals surface area contributed by atoms with Crippen molar-refractivity contribution in [2.45, 2.75) is 31.8 Å². The second kappa shape index (κ2) is 8.00. The van der Waals surface area contributed by atoms with Crippen molar-refractivity contribution in [1.82, 2.24) is 25.4 Å². The summed E-state index contributed by atoms with van der Waals surface area (Å²) in [6.07, 6.45) is 1.41. The van der Waals surface area contributed by atoms with Crippen molar-refractivity contribution >= 4 is 29.2 Å². The fourth-order valence-corrected chi connectivity index (χ4v) is 4.28. The summed E-state index contributed by atoms with van der Waals surface area (Å²) in [7, 11) is 2.02. The minimum absolute atomic E-state index is 0.162. The smallest absolute Gasteiger partial charge is 0.404 e. The van der Waals surface area contributed by atoms with Gasteiger partial charge in [0, 0.05) is 37.5 Å². The molecule has 0 aromatic carbocycles. The highest BCUT2D eigenvalue weighted by molar-refractivity contribution is 7.13. The number of amides is 3. The minimum atomic E-state index is -1.23. The van der Waals surface area contributed by atoms with E-state index in [1.165, 1.54) is 11.3 Å². The normalized spacial score (nSPS) is 18.3. The third kappa shape index (κ3) is 4.31. The van der Waals surface area contributed by atoms with Gasteiger partial charge in [-0.3, -0.25) is 9.59 Å². The van der Waals surface area contributed by atoms with Crippen LogP contribution < -0.4 is 10.6 Å². The van der Waals surface area contributed by atoms with E-state index in [-0.39, 0.29) is 12.5 Å². The van der Waals surface area contributed by atoms with Crippen LogP contribution in [-0.2, 0) is 17.8 Å². The number of carbonyl (C=O) groups is 3. The van der Waals surface area contributed by atoms with Crippen molar-refractivity contribution in [3.63, 3.8) is 0 Å². The molecule has 0 spiro atoms. The van der Waals surface area contributed by atoms with E-state index in [9.17, 15) is 14.4 Å². The molecule has 0 saturated carbocycles. The highest BCUT2D eigenvalue weighted by Gasteiger charge is 2.30. The topological polar surface area (TPSA) is 115 Å². The Kier molecular flexibility index (Phi) is 5.72. The first-order valence-corrected chi connectivity index (χ1v) is 9.49. The average Bonchev–Trinajstić information content (AvgIpc) is 3.26. The molecule has 1 aromatic rings. The third-order valence-corrected chi connectivity index (χ3v) is 5.68. The summed E-state index contributed by atoms with van der Waals surface area (Å²) in [6.45, 7) is 2.77. The number of rotatable bonds is 5. The molecule has 1 unspecified atom stereocenters. The maximum atomic E-state index is 12.6. The van der Waals surface area contributed by atoms with Gasteiger partial charge in [0.2, 0.25) is 5.91 Å². The zero-order valence-electron chi connectivity index (χ0n) is 14.7. The predicted octanol–water partition coefficient (Wildman–Crippen LogP) is 0.119.